The first-order valence-electron chi connectivity index (χ1n) is 10.5. The molecule has 0 saturated heterocycles. The number of nitrogens with zero attached hydrogens (tertiary/aromatic N) is 4. The van der Waals surface area contributed by atoms with Crippen molar-refractivity contribution in [3.8, 4) is 11.6 Å². The molecule has 168 valence electrons. The Bertz CT molecular complexity index is 1210. The van der Waals surface area contributed by atoms with Crippen molar-refractivity contribution in [3.63, 3.8) is 0 Å². The van der Waals surface area contributed by atoms with Crippen molar-refractivity contribution in [2.24, 2.45) is 0 Å². The van der Waals surface area contributed by atoms with E-state index in [0.29, 0.717) is 23.3 Å². The molecule has 7 nitrogen and oxygen atoms in total. The second-order valence-corrected chi connectivity index (χ2v) is 7.36. The lowest BCUT2D eigenvalue weighted by molar-refractivity contribution is -0.136. The lowest BCUT2D eigenvalue weighted by Crippen LogP contribution is -2.08. The number of H-pyrrole nitrogens is 1. The van der Waals surface area contributed by atoms with Gasteiger partial charge in [0.05, 0.1) is 17.6 Å². The maximum absolute atomic E-state index is 13.8. The maximum Gasteiger partial charge on any atom is 0.418 e. The van der Waals surface area contributed by atoms with E-state index in [1.54, 1.807) is 25.4 Å². The highest BCUT2D eigenvalue weighted by Gasteiger charge is 2.36. The summed E-state index contributed by atoms with van der Waals surface area (Å²) in [4.78, 5) is 11.3. The fraction of sp³-hybridized carbons (Fsp3) is 0.364. The van der Waals surface area contributed by atoms with Crippen LogP contribution < -0.4 is 5.32 Å². The van der Waals surface area contributed by atoms with Gasteiger partial charge >= 0.3 is 12.2 Å². The smallest absolute Gasteiger partial charge is 0.402 e. The Morgan fingerprint density at radius 1 is 1.16 bits per heavy atom. The van der Waals surface area contributed by atoms with E-state index in [9.17, 15) is 13.2 Å². The Hall–Kier alpha value is -3.43. The van der Waals surface area contributed by atoms with Gasteiger partial charge in [-0.25, -0.2) is 9.97 Å². The first-order valence-corrected chi connectivity index (χ1v) is 10.5. The van der Waals surface area contributed by atoms with Crippen LogP contribution in [0.25, 0.3) is 22.5 Å². The number of hydrogen-bond acceptors (Lipinski definition) is 6. The molecular formula is C22H23F3N6O. The molecule has 0 radical (unpaired) electrons. The first kappa shape index (κ1) is 21.8. The summed E-state index contributed by atoms with van der Waals surface area (Å²) in [5.74, 6) is 0.922. The number of aromatic amines is 1. The highest BCUT2D eigenvalue weighted by Crippen LogP contribution is 2.45. The van der Waals surface area contributed by atoms with Crippen LogP contribution >= 0.6 is 0 Å². The summed E-state index contributed by atoms with van der Waals surface area (Å²) in [5, 5.41) is 11.2. The fourth-order valence-electron chi connectivity index (χ4n) is 3.44. The van der Waals surface area contributed by atoms with Crippen LogP contribution in [0.5, 0.6) is 0 Å². The Balaban J connectivity index is 0.00000119. The largest absolute Gasteiger partial charge is 0.418 e. The number of aromatic nitrogens is 5. The monoisotopic (exact) mass is 444 g/mol. The third-order valence-corrected chi connectivity index (χ3v) is 5.10. The summed E-state index contributed by atoms with van der Waals surface area (Å²) in [7, 11) is 0. The molecule has 3 aromatic heterocycles. The number of pyridine rings is 1. The Kier molecular flexibility index (Phi) is 5.86. The van der Waals surface area contributed by atoms with Gasteiger partial charge < -0.3 is 14.7 Å². The number of fused-ring (bicyclic) bond motifs is 1. The van der Waals surface area contributed by atoms with E-state index in [0.717, 1.165) is 18.4 Å². The van der Waals surface area contributed by atoms with Crippen LogP contribution in [0.3, 0.4) is 0 Å². The number of hydrogen-bond donors (Lipinski definition) is 2. The van der Waals surface area contributed by atoms with Gasteiger partial charge in [-0.05, 0) is 55.0 Å². The molecule has 32 heavy (non-hydrogen) atoms. The number of aryl methyl sites for hydroxylation is 1. The number of imidazole rings is 1. The van der Waals surface area contributed by atoms with E-state index in [1.807, 2.05) is 19.9 Å². The maximum atomic E-state index is 13.8. The van der Waals surface area contributed by atoms with Gasteiger partial charge in [-0.15, -0.1) is 5.10 Å². The highest BCUT2D eigenvalue weighted by atomic mass is 19.4. The predicted molar refractivity (Wildman–Crippen MR) is 114 cm³/mol. The molecule has 0 spiro atoms. The van der Waals surface area contributed by atoms with Gasteiger partial charge in [-0.3, -0.25) is 0 Å². The van der Waals surface area contributed by atoms with Crippen molar-refractivity contribution in [1.29, 1.82) is 0 Å². The topological polar surface area (TPSA) is 92.5 Å². The van der Waals surface area contributed by atoms with Crippen LogP contribution in [-0.4, -0.2) is 25.1 Å². The van der Waals surface area contributed by atoms with Gasteiger partial charge in [0.2, 0.25) is 0 Å². The molecule has 0 atom stereocenters. The number of nitrogens with one attached hydrogen (secondary N) is 2. The molecule has 4 aromatic rings. The lowest BCUT2D eigenvalue weighted by Gasteiger charge is -2.14. The van der Waals surface area contributed by atoms with Crippen molar-refractivity contribution in [2.45, 2.75) is 52.3 Å². The van der Waals surface area contributed by atoms with Gasteiger partial charge in [-0.2, -0.15) is 13.2 Å². The van der Waals surface area contributed by atoms with Crippen molar-refractivity contribution < 1.29 is 17.6 Å². The lowest BCUT2D eigenvalue weighted by atomic mass is 9.98. The van der Waals surface area contributed by atoms with Gasteiger partial charge in [0.1, 0.15) is 11.5 Å². The summed E-state index contributed by atoms with van der Waals surface area (Å²) < 4.78 is 46.9. The van der Waals surface area contributed by atoms with Crippen LogP contribution in [0, 0.1) is 6.92 Å². The van der Waals surface area contributed by atoms with E-state index >= 15 is 0 Å². The van der Waals surface area contributed by atoms with Crippen LogP contribution in [-0.2, 0) is 12.7 Å². The molecule has 1 saturated carbocycles. The average Bonchev–Trinajstić information content (AvgIpc) is 3.29. The molecule has 10 heteroatoms. The zero-order valence-electron chi connectivity index (χ0n) is 17.9. The second-order valence-electron chi connectivity index (χ2n) is 7.36. The third kappa shape index (κ3) is 4.44. The van der Waals surface area contributed by atoms with Crippen LogP contribution in [0.2, 0.25) is 0 Å². The van der Waals surface area contributed by atoms with E-state index in [2.05, 4.69) is 30.5 Å². The summed E-state index contributed by atoms with van der Waals surface area (Å²) in [5.41, 5.74) is 0.747. The molecule has 0 aliphatic heterocycles. The van der Waals surface area contributed by atoms with Crippen LogP contribution in [0.4, 0.5) is 19.2 Å². The molecule has 1 aliphatic carbocycles. The predicted octanol–water partition coefficient (Wildman–Crippen LogP) is 5.85. The summed E-state index contributed by atoms with van der Waals surface area (Å²) in [6.45, 7) is 6.09. The second kappa shape index (κ2) is 8.60. The Morgan fingerprint density at radius 3 is 2.59 bits per heavy atom. The minimum Gasteiger partial charge on any atom is -0.402 e. The van der Waals surface area contributed by atoms with E-state index < -0.39 is 11.7 Å². The highest BCUT2D eigenvalue weighted by molar-refractivity contribution is 5.88. The van der Waals surface area contributed by atoms with Crippen molar-refractivity contribution in [1.82, 2.24) is 25.1 Å². The molecule has 5 rings (SSSR count). The molecule has 0 unspecified atom stereocenters. The van der Waals surface area contributed by atoms with Crippen molar-refractivity contribution in [3.05, 3.63) is 53.1 Å². The van der Waals surface area contributed by atoms with Gasteiger partial charge in [0, 0.05) is 17.8 Å². The summed E-state index contributed by atoms with van der Waals surface area (Å²) in [6, 6.07) is 4.84. The zero-order chi connectivity index (χ0) is 22.9. The standard InChI is InChI=1S/C20H17F3N6O.C2H6/c1-10-6-15(18-28-29-19(30-18)26-9-16-24-4-5-25-16)27-17-13(10)7-12(11-2-3-11)8-14(17)20(21,22)23;1-2/h4-8,11H,2-3,9H2,1H3,(H,24,25)(H,26,29);1-2H3. The molecule has 1 aliphatic rings. The van der Waals surface area contributed by atoms with Gasteiger partial charge in [-0.1, -0.05) is 18.9 Å². The first-order chi connectivity index (χ1) is 15.4. The fourth-order valence-corrected chi connectivity index (χ4v) is 3.44. The zero-order valence-corrected chi connectivity index (χ0v) is 17.9. The minimum absolute atomic E-state index is 0.0429. The molecule has 3 heterocycles. The van der Waals surface area contributed by atoms with Crippen LogP contribution in [0.15, 0.2) is 35.0 Å². The van der Waals surface area contributed by atoms with Crippen LogP contribution in [0.1, 0.15) is 55.1 Å². The van der Waals surface area contributed by atoms with E-state index in [1.165, 1.54) is 6.07 Å². The summed E-state index contributed by atoms with van der Waals surface area (Å²) in [6.07, 6.45) is 0.633. The molecular weight excluding hydrogens is 421 g/mol. The van der Waals surface area contributed by atoms with Crippen molar-refractivity contribution >= 4 is 16.9 Å². The number of alkyl halides is 3. The molecule has 1 fully saturated rings. The SMILES string of the molecule is CC.Cc1cc(-c2nnc(NCc3ncc[nH]3)o2)nc2c(C(F)(F)F)cc(C3CC3)cc12. The molecule has 2 N–H and O–H groups in total. The normalized spacial score (nSPS) is 13.7. The average molecular weight is 444 g/mol. The number of anilines is 1. The molecule has 1 aromatic carbocycles. The number of halogens is 3. The Morgan fingerprint density at radius 2 is 1.94 bits per heavy atom. The Labute approximate surface area is 182 Å². The summed E-state index contributed by atoms with van der Waals surface area (Å²) >= 11 is 0. The third-order valence-electron chi connectivity index (χ3n) is 5.10. The van der Waals surface area contributed by atoms with E-state index in [4.69, 9.17) is 4.42 Å². The molecule has 0 bridgehead atoms. The minimum atomic E-state index is -4.51. The van der Waals surface area contributed by atoms with E-state index in [-0.39, 0.29) is 29.0 Å². The number of benzene rings is 1. The van der Waals surface area contributed by atoms with Gasteiger partial charge in [0.25, 0.3) is 5.89 Å². The van der Waals surface area contributed by atoms with Crippen molar-refractivity contribution in [2.75, 3.05) is 5.32 Å². The van der Waals surface area contributed by atoms with Gasteiger partial charge in [0.15, 0.2) is 0 Å². The quantitative estimate of drug-likeness (QED) is 0.401. The number of rotatable bonds is 5. The molecule has 0 amide bonds.